The monoisotopic (exact) mass is 305 g/mol. The molecule has 3 aromatic rings. The van der Waals surface area contributed by atoms with E-state index in [0.717, 1.165) is 36.3 Å². The zero-order chi connectivity index (χ0) is 15.8. The quantitative estimate of drug-likeness (QED) is 0.789. The molecule has 2 heterocycles. The zero-order valence-corrected chi connectivity index (χ0v) is 13.1. The summed E-state index contributed by atoms with van der Waals surface area (Å²) < 4.78 is 2.15. The fraction of sp³-hybridized carbons (Fsp3) is 0.263. The summed E-state index contributed by atoms with van der Waals surface area (Å²) in [5, 5.41) is 3.03. The highest BCUT2D eigenvalue weighted by atomic mass is 16.1. The first kappa shape index (κ1) is 14.0. The number of fused-ring (bicyclic) bond motifs is 3. The van der Waals surface area contributed by atoms with Crippen molar-refractivity contribution in [3.8, 4) is 0 Å². The maximum atomic E-state index is 12.6. The zero-order valence-electron chi connectivity index (χ0n) is 13.1. The lowest BCUT2D eigenvalue weighted by molar-refractivity contribution is -0.120. The van der Waals surface area contributed by atoms with E-state index in [1.807, 2.05) is 36.4 Å². The third-order valence-corrected chi connectivity index (χ3v) is 4.53. The molecule has 23 heavy (non-hydrogen) atoms. The first-order chi connectivity index (χ1) is 11.2. The molecule has 0 saturated heterocycles. The molecule has 1 unspecified atom stereocenters. The van der Waals surface area contributed by atoms with E-state index in [0.29, 0.717) is 0 Å². The molecule has 0 aliphatic heterocycles. The molecule has 1 aromatic carbocycles. The number of aromatic nitrogens is 2. The summed E-state index contributed by atoms with van der Waals surface area (Å²) >= 11 is 0. The second-order valence-corrected chi connectivity index (χ2v) is 6.23. The van der Waals surface area contributed by atoms with Gasteiger partial charge in [0.05, 0.1) is 5.69 Å². The lowest BCUT2D eigenvalue weighted by Gasteiger charge is -2.21. The van der Waals surface area contributed by atoms with Crippen LogP contribution in [0.1, 0.15) is 23.4 Å². The summed E-state index contributed by atoms with van der Waals surface area (Å²) in [5.74, 6) is 0.104. The van der Waals surface area contributed by atoms with E-state index in [-0.39, 0.29) is 11.8 Å². The van der Waals surface area contributed by atoms with Crippen molar-refractivity contribution in [3.63, 3.8) is 0 Å². The van der Waals surface area contributed by atoms with Crippen molar-refractivity contribution in [1.29, 1.82) is 0 Å². The van der Waals surface area contributed by atoms with Gasteiger partial charge in [-0.3, -0.25) is 4.79 Å². The summed E-state index contributed by atoms with van der Waals surface area (Å²) in [5.41, 5.74) is 5.36. The molecule has 1 amide bonds. The second kappa shape index (κ2) is 5.54. The van der Waals surface area contributed by atoms with Crippen molar-refractivity contribution in [2.45, 2.75) is 26.2 Å². The van der Waals surface area contributed by atoms with Gasteiger partial charge < -0.3 is 9.72 Å². The van der Waals surface area contributed by atoms with Crippen molar-refractivity contribution in [2.75, 3.05) is 5.32 Å². The van der Waals surface area contributed by atoms with Crippen LogP contribution < -0.4 is 5.32 Å². The maximum absolute atomic E-state index is 12.6. The summed E-state index contributed by atoms with van der Waals surface area (Å²) in [6, 6.07) is 13.8. The molecule has 0 saturated carbocycles. The molecule has 0 fully saturated rings. The van der Waals surface area contributed by atoms with E-state index in [2.05, 4.69) is 28.9 Å². The third-order valence-electron chi connectivity index (χ3n) is 4.53. The lowest BCUT2D eigenvalue weighted by atomic mass is 9.89. The summed E-state index contributed by atoms with van der Waals surface area (Å²) in [6.45, 7) is 2.08. The minimum absolute atomic E-state index is 0.00289. The van der Waals surface area contributed by atoms with Crippen LogP contribution in [0.2, 0.25) is 0 Å². The van der Waals surface area contributed by atoms with Crippen molar-refractivity contribution in [1.82, 2.24) is 9.38 Å². The molecule has 1 aliphatic rings. The third kappa shape index (κ3) is 2.61. The number of rotatable bonds is 2. The Bertz CT molecular complexity index is 867. The summed E-state index contributed by atoms with van der Waals surface area (Å²) in [7, 11) is 0. The molecule has 1 atom stereocenters. The van der Waals surface area contributed by atoms with Gasteiger partial charge in [0, 0.05) is 29.9 Å². The minimum Gasteiger partial charge on any atom is -0.326 e. The fourth-order valence-corrected chi connectivity index (χ4v) is 3.30. The van der Waals surface area contributed by atoms with Crippen LogP contribution in [-0.2, 0) is 17.6 Å². The van der Waals surface area contributed by atoms with Crippen LogP contribution in [0.5, 0.6) is 0 Å². The van der Waals surface area contributed by atoms with Gasteiger partial charge >= 0.3 is 0 Å². The smallest absolute Gasteiger partial charge is 0.227 e. The number of imidazole rings is 1. The van der Waals surface area contributed by atoms with Gasteiger partial charge in [0.1, 0.15) is 5.65 Å². The number of benzene rings is 1. The molecule has 4 rings (SSSR count). The Kier molecular flexibility index (Phi) is 3.37. The van der Waals surface area contributed by atoms with Crippen molar-refractivity contribution < 1.29 is 4.79 Å². The number of pyridine rings is 1. The molecule has 4 nitrogen and oxygen atoms in total. The number of hydrogen-bond donors (Lipinski definition) is 1. The SMILES string of the molecule is Cc1ccc2nc3c(n2c1)CC(C(=O)Nc1ccccc1)CC3. The van der Waals surface area contributed by atoms with Crippen LogP contribution in [0.4, 0.5) is 5.69 Å². The predicted molar refractivity (Wildman–Crippen MR) is 90.5 cm³/mol. The number of nitrogens with one attached hydrogen (secondary N) is 1. The molecule has 4 heteroatoms. The Morgan fingerprint density at radius 2 is 2.04 bits per heavy atom. The molecular weight excluding hydrogens is 286 g/mol. The van der Waals surface area contributed by atoms with E-state index < -0.39 is 0 Å². The number of para-hydroxylation sites is 1. The highest BCUT2D eigenvalue weighted by Gasteiger charge is 2.28. The van der Waals surface area contributed by atoms with Crippen LogP contribution in [0.25, 0.3) is 5.65 Å². The van der Waals surface area contributed by atoms with E-state index in [4.69, 9.17) is 4.98 Å². The van der Waals surface area contributed by atoms with Crippen LogP contribution in [0.15, 0.2) is 48.7 Å². The molecule has 0 spiro atoms. The highest BCUT2D eigenvalue weighted by Crippen LogP contribution is 2.27. The Labute approximate surface area is 135 Å². The fourth-order valence-electron chi connectivity index (χ4n) is 3.30. The van der Waals surface area contributed by atoms with Crippen LogP contribution in [0, 0.1) is 12.8 Å². The Hall–Kier alpha value is -2.62. The average Bonchev–Trinajstić information content (AvgIpc) is 2.93. The van der Waals surface area contributed by atoms with E-state index >= 15 is 0 Å². The van der Waals surface area contributed by atoms with E-state index in [1.165, 1.54) is 11.3 Å². The van der Waals surface area contributed by atoms with Crippen LogP contribution in [-0.4, -0.2) is 15.3 Å². The first-order valence-electron chi connectivity index (χ1n) is 8.03. The van der Waals surface area contributed by atoms with Gasteiger partial charge in [-0.25, -0.2) is 4.98 Å². The molecule has 1 aliphatic carbocycles. The van der Waals surface area contributed by atoms with Gasteiger partial charge in [-0.2, -0.15) is 0 Å². The second-order valence-electron chi connectivity index (χ2n) is 6.23. The average molecular weight is 305 g/mol. The summed E-state index contributed by atoms with van der Waals surface area (Å²) in [6.07, 6.45) is 4.58. The molecule has 116 valence electrons. The van der Waals surface area contributed by atoms with E-state index in [1.54, 1.807) is 0 Å². The number of amides is 1. The molecular formula is C19H19N3O. The van der Waals surface area contributed by atoms with Gasteiger partial charge in [0.2, 0.25) is 5.91 Å². The number of carbonyl (C=O) groups excluding carboxylic acids is 1. The largest absolute Gasteiger partial charge is 0.326 e. The van der Waals surface area contributed by atoms with Crippen molar-refractivity contribution in [3.05, 3.63) is 65.6 Å². The lowest BCUT2D eigenvalue weighted by Crippen LogP contribution is -2.28. The predicted octanol–water partition coefficient (Wildman–Crippen LogP) is 3.39. The van der Waals surface area contributed by atoms with Crippen molar-refractivity contribution >= 4 is 17.2 Å². The first-order valence-corrected chi connectivity index (χ1v) is 8.03. The Morgan fingerprint density at radius 3 is 2.87 bits per heavy atom. The molecule has 2 aromatic heterocycles. The maximum Gasteiger partial charge on any atom is 0.227 e. The number of anilines is 1. The Morgan fingerprint density at radius 1 is 1.22 bits per heavy atom. The van der Waals surface area contributed by atoms with E-state index in [9.17, 15) is 4.79 Å². The highest BCUT2D eigenvalue weighted by molar-refractivity contribution is 5.92. The number of nitrogens with zero attached hydrogens (tertiary/aromatic N) is 2. The minimum atomic E-state index is 0.00289. The van der Waals surface area contributed by atoms with Crippen molar-refractivity contribution in [2.24, 2.45) is 5.92 Å². The number of aryl methyl sites for hydroxylation is 2. The van der Waals surface area contributed by atoms with Gasteiger partial charge in [-0.15, -0.1) is 0 Å². The van der Waals surface area contributed by atoms with Gasteiger partial charge in [-0.1, -0.05) is 24.3 Å². The molecule has 0 radical (unpaired) electrons. The van der Waals surface area contributed by atoms with Gasteiger partial charge in [-0.05, 0) is 43.5 Å². The molecule has 1 N–H and O–H groups in total. The van der Waals surface area contributed by atoms with Gasteiger partial charge in [0.15, 0.2) is 0 Å². The Balaban J connectivity index is 1.59. The van der Waals surface area contributed by atoms with Gasteiger partial charge in [0.25, 0.3) is 0 Å². The number of carbonyl (C=O) groups is 1. The topological polar surface area (TPSA) is 46.4 Å². The standard InChI is InChI=1S/C19H19N3O/c1-13-7-10-18-21-16-9-8-14(11-17(16)22(18)12-13)19(23)20-15-5-3-2-4-6-15/h2-7,10,12,14H,8-9,11H2,1H3,(H,20,23). The summed E-state index contributed by atoms with van der Waals surface area (Å²) in [4.78, 5) is 17.3. The van der Waals surface area contributed by atoms with Crippen LogP contribution in [0.3, 0.4) is 0 Å². The van der Waals surface area contributed by atoms with Crippen LogP contribution >= 0.6 is 0 Å². The molecule has 0 bridgehead atoms. The number of hydrogen-bond acceptors (Lipinski definition) is 2. The normalized spacial score (nSPS) is 17.0.